The molecule has 90 valence electrons. The lowest BCUT2D eigenvalue weighted by Gasteiger charge is -2.12. The van der Waals surface area contributed by atoms with Crippen molar-refractivity contribution in [3.63, 3.8) is 0 Å². The standard InChI is InChI=1S/C11H15N5O/c1-3-7(2)9(12)11-15-10(16-17-11)8-4-5-13-6-14-8/h4-7,9H,3,12H2,1-2H3/t7?,9-/m0/s1. The quantitative estimate of drug-likeness (QED) is 0.861. The molecule has 6 nitrogen and oxygen atoms in total. The Morgan fingerprint density at radius 1 is 1.47 bits per heavy atom. The van der Waals surface area contributed by atoms with E-state index in [1.165, 1.54) is 6.33 Å². The van der Waals surface area contributed by atoms with E-state index in [2.05, 4.69) is 34.0 Å². The van der Waals surface area contributed by atoms with Crippen LogP contribution in [0.4, 0.5) is 0 Å². The number of hydrogen-bond acceptors (Lipinski definition) is 6. The zero-order valence-corrected chi connectivity index (χ0v) is 9.87. The predicted octanol–water partition coefficient (Wildman–Crippen LogP) is 1.57. The molecule has 0 aromatic carbocycles. The van der Waals surface area contributed by atoms with E-state index in [0.29, 0.717) is 23.3 Å². The van der Waals surface area contributed by atoms with Gasteiger partial charge >= 0.3 is 0 Å². The first-order valence-electron chi connectivity index (χ1n) is 5.58. The summed E-state index contributed by atoms with van der Waals surface area (Å²) in [5, 5.41) is 3.87. The van der Waals surface area contributed by atoms with Crippen LogP contribution in [0.1, 0.15) is 32.2 Å². The van der Waals surface area contributed by atoms with Crippen molar-refractivity contribution in [1.82, 2.24) is 20.1 Å². The second-order valence-electron chi connectivity index (χ2n) is 3.96. The van der Waals surface area contributed by atoms with E-state index in [0.717, 1.165) is 6.42 Å². The molecule has 2 rings (SSSR count). The monoisotopic (exact) mass is 233 g/mol. The minimum absolute atomic E-state index is 0.233. The first-order valence-corrected chi connectivity index (χ1v) is 5.58. The molecule has 0 spiro atoms. The molecule has 6 heteroatoms. The molecular weight excluding hydrogens is 218 g/mol. The molecule has 2 aromatic rings. The summed E-state index contributed by atoms with van der Waals surface area (Å²) < 4.78 is 5.16. The fourth-order valence-corrected chi connectivity index (χ4v) is 1.39. The highest BCUT2D eigenvalue weighted by molar-refractivity contribution is 5.46. The summed E-state index contributed by atoms with van der Waals surface area (Å²) in [6.07, 6.45) is 4.04. The summed E-state index contributed by atoms with van der Waals surface area (Å²) in [6.45, 7) is 4.13. The third-order valence-electron chi connectivity index (χ3n) is 2.79. The van der Waals surface area contributed by atoms with Crippen molar-refractivity contribution >= 4 is 0 Å². The first-order chi connectivity index (χ1) is 8.22. The molecule has 0 fully saturated rings. The molecule has 0 saturated heterocycles. The molecule has 2 aromatic heterocycles. The van der Waals surface area contributed by atoms with Crippen molar-refractivity contribution in [2.24, 2.45) is 11.7 Å². The van der Waals surface area contributed by atoms with Crippen molar-refractivity contribution in [2.75, 3.05) is 0 Å². The summed E-state index contributed by atoms with van der Waals surface area (Å²) in [5.74, 6) is 1.20. The van der Waals surface area contributed by atoms with E-state index < -0.39 is 0 Å². The van der Waals surface area contributed by atoms with Crippen molar-refractivity contribution in [3.05, 3.63) is 24.5 Å². The Hall–Kier alpha value is -1.82. The van der Waals surface area contributed by atoms with E-state index in [9.17, 15) is 0 Å². The van der Waals surface area contributed by atoms with Crippen LogP contribution in [0.3, 0.4) is 0 Å². The third-order valence-corrected chi connectivity index (χ3v) is 2.79. The van der Waals surface area contributed by atoms with Gasteiger partial charge < -0.3 is 10.3 Å². The van der Waals surface area contributed by atoms with Gasteiger partial charge in [0.2, 0.25) is 11.7 Å². The molecule has 17 heavy (non-hydrogen) atoms. The van der Waals surface area contributed by atoms with Crippen LogP contribution in [-0.4, -0.2) is 20.1 Å². The maximum atomic E-state index is 6.01. The SMILES string of the molecule is CCC(C)[C@H](N)c1nc(-c2ccncn2)no1. The van der Waals surface area contributed by atoms with Crippen LogP contribution in [0.15, 0.2) is 23.1 Å². The van der Waals surface area contributed by atoms with Gasteiger partial charge in [0.15, 0.2) is 0 Å². The van der Waals surface area contributed by atoms with E-state index in [1.807, 2.05) is 0 Å². The minimum Gasteiger partial charge on any atom is -0.337 e. The van der Waals surface area contributed by atoms with Crippen molar-refractivity contribution < 1.29 is 4.52 Å². The van der Waals surface area contributed by atoms with Gasteiger partial charge in [-0.25, -0.2) is 9.97 Å². The molecule has 0 aliphatic rings. The van der Waals surface area contributed by atoms with Gasteiger partial charge in [-0.15, -0.1) is 0 Å². The summed E-state index contributed by atoms with van der Waals surface area (Å²) in [6, 6.07) is 1.49. The largest absolute Gasteiger partial charge is 0.337 e. The van der Waals surface area contributed by atoms with Crippen LogP contribution in [0.5, 0.6) is 0 Å². The van der Waals surface area contributed by atoms with Crippen LogP contribution in [0.2, 0.25) is 0 Å². The van der Waals surface area contributed by atoms with Gasteiger partial charge in [0.25, 0.3) is 0 Å². The van der Waals surface area contributed by atoms with E-state index >= 15 is 0 Å². The Bertz CT molecular complexity index is 470. The lowest BCUT2D eigenvalue weighted by molar-refractivity contribution is 0.312. The molecule has 2 heterocycles. The lowest BCUT2D eigenvalue weighted by atomic mass is 10.0. The van der Waals surface area contributed by atoms with Gasteiger partial charge in [-0.05, 0) is 12.0 Å². The first kappa shape index (κ1) is 11.7. The van der Waals surface area contributed by atoms with Gasteiger partial charge in [-0.1, -0.05) is 25.4 Å². The third kappa shape index (κ3) is 2.47. The van der Waals surface area contributed by atoms with Gasteiger partial charge in [0.05, 0.1) is 6.04 Å². The average Bonchev–Trinajstić information content (AvgIpc) is 2.87. The minimum atomic E-state index is -0.233. The van der Waals surface area contributed by atoms with Crippen LogP contribution < -0.4 is 5.73 Å². The summed E-state index contributed by atoms with van der Waals surface area (Å²) >= 11 is 0. The van der Waals surface area contributed by atoms with Gasteiger partial charge in [0, 0.05) is 6.20 Å². The highest BCUT2D eigenvalue weighted by Gasteiger charge is 2.20. The second-order valence-corrected chi connectivity index (χ2v) is 3.96. The number of rotatable bonds is 4. The summed E-state index contributed by atoms with van der Waals surface area (Å²) in [5.41, 5.74) is 6.64. The van der Waals surface area contributed by atoms with Crippen LogP contribution >= 0.6 is 0 Å². The van der Waals surface area contributed by atoms with Gasteiger partial charge in [-0.3, -0.25) is 0 Å². The molecule has 0 amide bonds. The molecule has 0 bridgehead atoms. The number of aromatic nitrogens is 4. The number of hydrogen-bond donors (Lipinski definition) is 1. The fraction of sp³-hybridized carbons (Fsp3) is 0.455. The fourth-order valence-electron chi connectivity index (χ4n) is 1.39. The molecule has 0 saturated carbocycles. The topological polar surface area (TPSA) is 90.7 Å². The molecular formula is C11H15N5O. The highest BCUT2D eigenvalue weighted by atomic mass is 16.5. The Kier molecular flexibility index (Phi) is 3.43. The van der Waals surface area contributed by atoms with E-state index in [1.54, 1.807) is 12.3 Å². The molecule has 0 aliphatic carbocycles. The Balaban J connectivity index is 2.22. The zero-order valence-electron chi connectivity index (χ0n) is 9.87. The predicted molar refractivity (Wildman–Crippen MR) is 61.7 cm³/mol. The Morgan fingerprint density at radius 3 is 2.94 bits per heavy atom. The zero-order chi connectivity index (χ0) is 12.3. The molecule has 2 N–H and O–H groups in total. The second kappa shape index (κ2) is 5.01. The maximum Gasteiger partial charge on any atom is 0.244 e. The molecule has 1 unspecified atom stereocenters. The number of nitrogens with two attached hydrogens (primary N) is 1. The number of nitrogens with zero attached hydrogens (tertiary/aromatic N) is 4. The van der Waals surface area contributed by atoms with Crippen molar-refractivity contribution in [2.45, 2.75) is 26.3 Å². The van der Waals surface area contributed by atoms with Gasteiger partial charge in [0.1, 0.15) is 12.0 Å². The van der Waals surface area contributed by atoms with Crippen LogP contribution in [0.25, 0.3) is 11.5 Å². The highest BCUT2D eigenvalue weighted by Crippen LogP contribution is 2.22. The Morgan fingerprint density at radius 2 is 2.29 bits per heavy atom. The average molecular weight is 233 g/mol. The van der Waals surface area contributed by atoms with Crippen LogP contribution in [0, 0.1) is 5.92 Å². The molecule has 2 atom stereocenters. The summed E-state index contributed by atoms with van der Waals surface area (Å²) in [7, 11) is 0. The van der Waals surface area contributed by atoms with E-state index in [4.69, 9.17) is 10.3 Å². The molecule has 0 aliphatic heterocycles. The normalized spacial score (nSPS) is 14.5. The van der Waals surface area contributed by atoms with Crippen molar-refractivity contribution in [3.8, 4) is 11.5 Å². The summed E-state index contributed by atoms with van der Waals surface area (Å²) in [4.78, 5) is 12.1. The van der Waals surface area contributed by atoms with Gasteiger partial charge in [-0.2, -0.15) is 4.98 Å². The molecule has 0 radical (unpaired) electrons. The maximum absolute atomic E-state index is 6.01. The van der Waals surface area contributed by atoms with Crippen molar-refractivity contribution in [1.29, 1.82) is 0 Å². The lowest BCUT2D eigenvalue weighted by Crippen LogP contribution is -2.18. The van der Waals surface area contributed by atoms with E-state index in [-0.39, 0.29) is 6.04 Å². The Labute approximate surface area is 99.3 Å². The smallest absolute Gasteiger partial charge is 0.244 e. The van der Waals surface area contributed by atoms with Crippen LogP contribution in [-0.2, 0) is 0 Å².